The molecule has 0 aliphatic carbocycles. The van der Waals surface area contributed by atoms with Crippen molar-refractivity contribution in [2.75, 3.05) is 19.1 Å². The molecule has 0 spiro atoms. The Morgan fingerprint density at radius 2 is 2.00 bits per heavy atom. The lowest BCUT2D eigenvalue weighted by Crippen LogP contribution is -2.42. The molecule has 144 valence electrons. The predicted octanol–water partition coefficient (Wildman–Crippen LogP) is 1.98. The maximum absolute atomic E-state index is 11.2. The van der Waals surface area contributed by atoms with Crippen LogP contribution in [0.4, 0.5) is 0 Å². The van der Waals surface area contributed by atoms with E-state index in [4.69, 9.17) is 0 Å². The molecule has 1 heterocycles. The normalized spacial score (nSPS) is 13.0. The van der Waals surface area contributed by atoms with E-state index in [-0.39, 0.29) is 35.8 Å². The molecule has 1 atom stereocenters. The Hall–Kier alpha value is -1.62. The quantitative estimate of drug-likeness (QED) is 0.352. The molecule has 0 bridgehead atoms. The van der Waals surface area contributed by atoms with Crippen molar-refractivity contribution in [3.05, 3.63) is 48.3 Å². The standard InChI is InChI=1S/C17H25N5O2S.HI/c1-14(9-10-25(3,23)24)21-17(18-2)19-11-15-12-20-22(13-15)16-7-5-4-6-8-16;/h4-8,12-14H,9-11H2,1-3H3,(H2,18,19,21);1H. The zero-order valence-electron chi connectivity index (χ0n) is 15.2. The van der Waals surface area contributed by atoms with Crippen LogP contribution in [-0.2, 0) is 16.4 Å². The number of nitrogens with zero attached hydrogens (tertiary/aromatic N) is 3. The van der Waals surface area contributed by atoms with E-state index in [0.29, 0.717) is 18.9 Å². The molecule has 0 saturated carbocycles. The number of aliphatic imine (C=N–C) groups is 1. The number of para-hydroxylation sites is 1. The number of aromatic nitrogens is 2. The summed E-state index contributed by atoms with van der Waals surface area (Å²) in [6.45, 7) is 2.51. The highest BCUT2D eigenvalue weighted by Crippen LogP contribution is 2.07. The second kappa shape index (κ2) is 10.5. The summed E-state index contributed by atoms with van der Waals surface area (Å²) in [5.41, 5.74) is 2.03. The highest BCUT2D eigenvalue weighted by molar-refractivity contribution is 14.0. The fraction of sp³-hybridized carbons (Fsp3) is 0.412. The number of sulfone groups is 1. The lowest BCUT2D eigenvalue weighted by molar-refractivity contribution is 0.581. The van der Waals surface area contributed by atoms with Crippen LogP contribution in [0, 0.1) is 0 Å². The second-order valence-corrected chi connectivity index (χ2v) is 8.28. The summed E-state index contributed by atoms with van der Waals surface area (Å²) in [6, 6.07) is 9.91. The van der Waals surface area contributed by atoms with Gasteiger partial charge in [-0.1, -0.05) is 18.2 Å². The summed E-state index contributed by atoms with van der Waals surface area (Å²) in [4.78, 5) is 4.17. The Labute approximate surface area is 172 Å². The van der Waals surface area contributed by atoms with Gasteiger partial charge in [0.25, 0.3) is 0 Å². The molecule has 0 aliphatic heterocycles. The van der Waals surface area contributed by atoms with Gasteiger partial charge in [-0.05, 0) is 25.5 Å². The van der Waals surface area contributed by atoms with E-state index in [9.17, 15) is 8.42 Å². The van der Waals surface area contributed by atoms with Crippen LogP contribution in [-0.4, -0.2) is 49.3 Å². The van der Waals surface area contributed by atoms with Crippen LogP contribution in [0.3, 0.4) is 0 Å². The van der Waals surface area contributed by atoms with Gasteiger partial charge in [-0.25, -0.2) is 13.1 Å². The third-order valence-corrected chi connectivity index (χ3v) is 4.62. The van der Waals surface area contributed by atoms with E-state index in [2.05, 4.69) is 20.7 Å². The van der Waals surface area contributed by atoms with Gasteiger partial charge in [0, 0.05) is 37.7 Å². The Bertz CT molecular complexity index is 806. The fourth-order valence-electron chi connectivity index (χ4n) is 2.25. The molecule has 1 aromatic heterocycles. The summed E-state index contributed by atoms with van der Waals surface area (Å²) in [6.07, 6.45) is 5.55. The Morgan fingerprint density at radius 3 is 2.62 bits per heavy atom. The number of benzene rings is 1. The van der Waals surface area contributed by atoms with E-state index in [1.165, 1.54) is 6.26 Å². The smallest absolute Gasteiger partial charge is 0.191 e. The predicted molar refractivity (Wildman–Crippen MR) is 116 cm³/mol. The molecule has 0 amide bonds. The van der Waals surface area contributed by atoms with Gasteiger partial charge in [-0.2, -0.15) is 5.10 Å². The molecule has 2 N–H and O–H groups in total. The van der Waals surface area contributed by atoms with Crippen LogP contribution in [0.15, 0.2) is 47.7 Å². The number of guanidine groups is 1. The third kappa shape index (κ3) is 7.73. The van der Waals surface area contributed by atoms with Crippen LogP contribution in [0.25, 0.3) is 5.69 Å². The molecule has 2 rings (SSSR count). The maximum Gasteiger partial charge on any atom is 0.191 e. The minimum absolute atomic E-state index is 0. The van der Waals surface area contributed by atoms with Crippen LogP contribution < -0.4 is 10.6 Å². The Balaban J connectivity index is 0.00000338. The van der Waals surface area contributed by atoms with Gasteiger partial charge < -0.3 is 10.6 Å². The second-order valence-electron chi connectivity index (χ2n) is 6.02. The molecule has 9 heteroatoms. The molecule has 0 fully saturated rings. The van der Waals surface area contributed by atoms with Crippen LogP contribution in [0.2, 0.25) is 0 Å². The number of rotatable bonds is 7. The molecule has 1 aromatic carbocycles. The minimum atomic E-state index is -2.95. The highest BCUT2D eigenvalue weighted by atomic mass is 127. The SMILES string of the molecule is CN=C(NCc1cnn(-c2ccccc2)c1)NC(C)CCS(C)(=O)=O.I. The van der Waals surface area contributed by atoms with Crippen molar-refractivity contribution in [2.24, 2.45) is 4.99 Å². The van der Waals surface area contributed by atoms with E-state index in [0.717, 1.165) is 11.3 Å². The largest absolute Gasteiger partial charge is 0.354 e. The van der Waals surface area contributed by atoms with Crippen LogP contribution >= 0.6 is 24.0 Å². The average Bonchev–Trinajstić information content (AvgIpc) is 3.06. The lowest BCUT2D eigenvalue weighted by Gasteiger charge is -2.17. The number of hydrogen-bond donors (Lipinski definition) is 2. The number of halogens is 1. The summed E-state index contributed by atoms with van der Waals surface area (Å²) in [5.74, 6) is 0.788. The lowest BCUT2D eigenvalue weighted by atomic mass is 10.3. The topological polar surface area (TPSA) is 88.4 Å². The van der Waals surface area contributed by atoms with Crippen LogP contribution in [0.1, 0.15) is 18.9 Å². The van der Waals surface area contributed by atoms with Crippen molar-refractivity contribution in [2.45, 2.75) is 25.9 Å². The molecular weight excluding hydrogens is 465 g/mol. The average molecular weight is 491 g/mol. The molecule has 0 radical (unpaired) electrons. The van der Waals surface area contributed by atoms with Gasteiger partial charge in [-0.3, -0.25) is 4.99 Å². The van der Waals surface area contributed by atoms with E-state index in [1.807, 2.05) is 48.1 Å². The maximum atomic E-state index is 11.2. The summed E-state index contributed by atoms with van der Waals surface area (Å²) >= 11 is 0. The van der Waals surface area contributed by atoms with E-state index in [1.54, 1.807) is 13.2 Å². The molecule has 1 unspecified atom stereocenters. The Morgan fingerprint density at radius 1 is 1.31 bits per heavy atom. The van der Waals surface area contributed by atoms with Crippen molar-refractivity contribution in [1.29, 1.82) is 0 Å². The van der Waals surface area contributed by atoms with Gasteiger partial charge >= 0.3 is 0 Å². The van der Waals surface area contributed by atoms with Crippen molar-refractivity contribution >= 4 is 39.8 Å². The van der Waals surface area contributed by atoms with Crippen molar-refractivity contribution in [1.82, 2.24) is 20.4 Å². The van der Waals surface area contributed by atoms with E-state index >= 15 is 0 Å². The first-order valence-electron chi connectivity index (χ1n) is 8.11. The first kappa shape index (κ1) is 22.4. The van der Waals surface area contributed by atoms with Gasteiger partial charge in [0.1, 0.15) is 9.84 Å². The molecule has 0 saturated heterocycles. The molecule has 7 nitrogen and oxygen atoms in total. The molecule has 0 aliphatic rings. The van der Waals surface area contributed by atoms with Crippen LogP contribution in [0.5, 0.6) is 0 Å². The van der Waals surface area contributed by atoms with E-state index < -0.39 is 9.84 Å². The van der Waals surface area contributed by atoms with Crippen molar-refractivity contribution < 1.29 is 8.42 Å². The van der Waals surface area contributed by atoms with Gasteiger partial charge in [0.15, 0.2) is 5.96 Å². The minimum Gasteiger partial charge on any atom is -0.354 e. The van der Waals surface area contributed by atoms with Crippen molar-refractivity contribution in [3.8, 4) is 5.69 Å². The zero-order chi connectivity index (χ0) is 18.3. The first-order chi connectivity index (χ1) is 11.9. The summed E-state index contributed by atoms with van der Waals surface area (Å²) in [5, 5.41) is 10.8. The molecule has 26 heavy (non-hydrogen) atoms. The fourth-order valence-corrected chi connectivity index (χ4v) is 3.03. The molecular formula is C17H26IN5O2S. The summed E-state index contributed by atoms with van der Waals surface area (Å²) < 4.78 is 24.3. The van der Waals surface area contributed by atoms with Crippen molar-refractivity contribution in [3.63, 3.8) is 0 Å². The third-order valence-electron chi connectivity index (χ3n) is 3.65. The monoisotopic (exact) mass is 491 g/mol. The van der Waals surface area contributed by atoms with Gasteiger partial charge in [0.2, 0.25) is 0 Å². The Kier molecular flexibility index (Phi) is 9.06. The summed E-state index contributed by atoms with van der Waals surface area (Å²) in [7, 11) is -1.27. The number of hydrogen-bond acceptors (Lipinski definition) is 4. The first-order valence-corrected chi connectivity index (χ1v) is 10.2. The molecule has 2 aromatic rings. The number of nitrogens with one attached hydrogen (secondary N) is 2. The highest BCUT2D eigenvalue weighted by Gasteiger charge is 2.10. The van der Waals surface area contributed by atoms with Gasteiger partial charge in [-0.15, -0.1) is 24.0 Å². The van der Waals surface area contributed by atoms with Gasteiger partial charge in [0.05, 0.1) is 17.6 Å². The zero-order valence-corrected chi connectivity index (χ0v) is 18.4.